The van der Waals surface area contributed by atoms with Gasteiger partial charge in [-0.05, 0) is 42.5 Å². The van der Waals surface area contributed by atoms with Crippen molar-refractivity contribution in [1.29, 1.82) is 0 Å². The molecule has 0 saturated carbocycles. The van der Waals surface area contributed by atoms with Gasteiger partial charge in [0.25, 0.3) is 5.89 Å². The molecule has 0 bridgehead atoms. The molecule has 0 saturated heterocycles. The number of rotatable bonds is 3. The molecule has 0 aliphatic heterocycles. The second-order valence-corrected chi connectivity index (χ2v) is 4.70. The van der Waals surface area contributed by atoms with Crippen LogP contribution in [0.4, 0.5) is 0 Å². The number of fused-ring (bicyclic) bond motifs is 1. The molecule has 2 aromatic heterocycles. The largest absolute Gasteiger partial charge is 0.497 e. The topological polar surface area (TPSA) is 89.7 Å². The van der Waals surface area contributed by atoms with Crippen LogP contribution >= 0.6 is 0 Å². The van der Waals surface area contributed by atoms with E-state index in [1.807, 2.05) is 42.5 Å². The minimum absolute atomic E-state index is 0.440. The molecule has 108 valence electrons. The molecule has 7 nitrogen and oxygen atoms in total. The van der Waals surface area contributed by atoms with Crippen LogP contribution in [0.5, 0.6) is 5.75 Å². The van der Waals surface area contributed by atoms with Crippen molar-refractivity contribution in [2.24, 2.45) is 0 Å². The number of nitrogens with one attached hydrogen (secondary N) is 1. The predicted molar refractivity (Wildman–Crippen MR) is 79.2 cm³/mol. The highest BCUT2D eigenvalue weighted by molar-refractivity contribution is 5.79. The Morgan fingerprint density at radius 3 is 2.68 bits per heavy atom. The SMILES string of the molecule is COc1ccc(-c2noc(-c3ccc4[nH]nnc4c3)n2)cc1. The van der Waals surface area contributed by atoms with E-state index in [0.717, 1.165) is 27.9 Å². The van der Waals surface area contributed by atoms with Gasteiger partial charge in [0.05, 0.1) is 12.6 Å². The van der Waals surface area contributed by atoms with Gasteiger partial charge < -0.3 is 9.26 Å². The summed E-state index contributed by atoms with van der Waals surface area (Å²) in [5, 5.41) is 14.5. The maximum absolute atomic E-state index is 5.34. The van der Waals surface area contributed by atoms with E-state index < -0.39 is 0 Å². The van der Waals surface area contributed by atoms with Crippen molar-refractivity contribution in [1.82, 2.24) is 25.6 Å². The van der Waals surface area contributed by atoms with E-state index in [2.05, 4.69) is 25.6 Å². The van der Waals surface area contributed by atoms with Crippen molar-refractivity contribution in [2.45, 2.75) is 0 Å². The van der Waals surface area contributed by atoms with Gasteiger partial charge in [0, 0.05) is 11.1 Å². The second-order valence-electron chi connectivity index (χ2n) is 4.70. The van der Waals surface area contributed by atoms with Crippen LogP contribution in [-0.4, -0.2) is 32.7 Å². The van der Waals surface area contributed by atoms with Gasteiger partial charge in [-0.2, -0.15) is 4.98 Å². The number of H-pyrrole nitrogens is 1. The first-order valence-corrected chi connectivity index (χ1v) is 6.63. The standard InChI is InChI=1S/C15H11N5O2/c1-21-11-5-2-9(3-6-11)14-16-15(22-19-14)10-4-7-12-13(8-10)18-20-17-12/h2-8H,1H3,(H,17,18,20). The van der Waals surface area contributed by atoms with Gasteiger partial charge in [-0.25, -0.2) is 0 Å². The van der Waals surface area contributed by atoms with E-state index in [9.17, 15) is 0 Å². The zero-order valence-corrected chi connectivity index (χ0v) is 11.6. The van der Waals surface area contributed by atoms with E-state index in [1.54, 1.807) is 7.11 Å². The first-order chi connectivity index (χ1) is 10.8. The summed E-state index contributed by atoms with van der Waals surface area (Å²) in [6, 6.07) is 13.1. The lowest BCUT2D eigenvalue weighted by atomic mass is 10.2. The highest BCUT2D eigenvalue weighted by Crippen LogP contribution is 2.25. The van der Waals surface area contributed by atoms with Crippen molar-refractivity contribution in [3.8, 4) is 28.6 Å². The van der Waals surface area contributed by atoms with Gasteiger partial charge in [-0.3, -0.25) is 5.10 Å². The molecule has 0 unspecified atom stereocenters. The zero-order chi connectivity index (χ0) is 14.9. The number of methoxy groups -OCH3 is 1. The minimum atomic E-state index is 0.440. The van der Waals surface area contributed by atoms with Crippen molar-refractivity contribution >= 4 is 11.0 Å². The van der Waals surface area contributed by atoms with Crippen LogP contribution in [0.1, 0.15) is 0 Å². The highest BCUT2D eigenvalue weighted by atomic mass is 16.5. The third-order valence-corrected chi connectivity index (χ3v) is 3.35. The first-order valence-electron chi connectivity index (χ1n) is 6.63. The van der Waals surface area contributed by atoms with Crippen molar-refractivity contribution in [3.63, 3.8) is 0 Å². The van der Waals surface area contributed by atoms with Crippen LogP contribution in [0.25, 0.3) is 33.9 Å². The lowest BCUT2D eigenvalue weighted by Crippen LogP contribution is -1.84. The number of ether oxygens (including phenoxy) is 1. The van der Waals surface area contributed by atoms with Crippen molar-refractivity contribution < 1.29 is 9.26 Å². The van der Waals surface area contributed by atoms with E-state index >= 15 is 0 Å². The van der Waals surface area contributed by atoms with E-state index in [4.69, 9.17) is 9.26 Å². The zero-order valence-electron chi connectivity index (χ0n) is 11.6. The van der Waals surface area contributed by atoms with Gasteiger partial charge in [0.15, 0.2) is 0 Å². The number of nitrogens with zero attached hydrogens (tertiary/aromatic N) is 4. The molecule has 0 aliphatic rings. The fourth-order valence-corrected chi connectivity index (χ4v) is 2.17. The molecule has 0 spiro atoms. The molecule has 0 amide bonds. The average molecular weight is 293 g/mol. The normalized spacial score (nSPS) is 11.0. The van der Waals surface area contributed by atoms with Gasteiger partial charge >= 0.3 is 0 Å². The summed E-state index contributed by atoms with van der Waals surface area (Å²) in [6.45, 7) is 0. The Kier molecular flexibility index (Phi) is 2.82. The van der Waals surface area contributed by atoms with Crippen LogP contribution in [0.15, 0.2) is 47.0 Å². The lowest BCUT2D eigenvalue weighted by molar-refractivity contribution is 0.415. The molecule has 0 radical (unpaired) electrons. The number of hydrogen-bond acceptors (Lipinski definition) is 6. The molecule has 4 aromatic rings. The Balaban J connectivity index is 1.70. The lowest BCUT2D eigenvalue weighted by Gasteiger charge is -1.98. The number of benzene rings is 2. The Bertz CT molecular complexity index is 926. The van der Waals surface area contributed by atoms with Crippen LogP contribution in [-0.2, 0) is 0 Å². The van der Waals surface area contributed by atoms with E-state index in [1.165, 1.54) is 0 Å². The molecule has 0 atom stereocenters. The Morgan fingerprint density at radius 2 is 1.86 bits per heavy atom. The predicted octanol–water partition coefficient (Wildman–Crippen LogP) is 2.68. The Labute approximate surface area is 124 Å². The smallest absolute Gasteiger partial charge is 0.258 e. The first kappa shape index (κ1) is 12.5. The summed E-state index contributed by atoms with van der Waals surface area (Å²) >= 11 is 0. The summed E-state index contributed by atoms with van der Waals surface area (Å²) in [7, 11) is 1.63. The fraction of sp³-hybridized carbons (Fsp3) is 0.0667. The molecular weight excluding hydrogens is 282 g/mol. The average Bonchev–Trinajstić information content (AvgIpc) is 3.23. The molecule has 0 fully saturated rings. The number of aromatic nitrogens is 5. The quantitative estimate of drug-likeness (QED) is 0.624. The Morgan fingerprint density at radius 1 is 1.05 bits per heavy atom. The molecule has 4 rings (SSSR count). The van der Waals surface area contributed by atoms with Crippen molar-refractivity contribution in [3.05, 3.63) is 42.5 Å². The molecule has 2 aromatic carbocycles. The molecule has 1 N–H and O–H groups in total. The van der Waals surface area contributed by atoms with Gasteiger partial charge in [0.2, 0.25) is 5.82 Å². The summed E-state index contributed by atoms with van der Waals surface area (Å²) in [5.41, 5.74) is 3.27. The van der Waals surface area contributed by atoms with Crippen molar-refractivity contribution in [2.75, 3.05) is 7.11 Å². The van der Waals surface area contributed by atoms with Crippen LogP contribution in [0.3, 0.4) is 0 Å². The third kappa shape index (κ3) is 2.08. The Hall–Kier alpha value is -3.22. The van der Waals surface area contributed by atoms with Crippen LogP contribution in [0.2, 0.25) is 0 Å². The summed E-state index contributed by atoms with van der Waals surface area (Å²) in [6.07, 6.45) is 0. The third-order valence-electron chi connectivity index (χ3n) is 3.35. The van der Waals surface area contributed by atoms with Crippen LogP contribution in [0, 0.1) is 0 Å². The van der Waals surface area contributed by atoms with Gasteiger partial charge in [0.1, 0.15) is 11.3 Å². The molecular formula is C15H11N5O2. The minimum Gasteiger partial charge on any atom is -0.497 e. The molecule has 7 heteroatoms. The molecule has 22 heavy (non-hydrogen) atoms. The fourth-order valence-electron chi connectivity index (χ4n) is 2.17. The molecule has 0 aliphatic carbocycles. The maximum atomic E-state index is 5.34. The van der Waals surface area contributed by atoms with Crippen LogP contribution < -0.4 is 4.74 Å². The van der Waals surface area contributed by atoms with Gasteiger partial charge in [-0.15, -0.1) is 5.10 Å². The maximum Gasteiger partial charge on any atom is 0.258 e. The van der Waals surface area contributed by atoms with Gasteiger partial charge in [-0.1, -0.05) is 10.4 Å². The number of aromatic amines is 1. The van der Waals surface area contributed by atoms with E-state index in [-0.39, 0.29) is 0 Å². The monoisotopic (exact) mass is 293 g/mol. The highest BCUT2D eigenvalue weighted by Gasteiger charge is 2.12. The number of hydrogen-bond donors (Lipinski definition) is 1. The van der Waals surface area contributed by atoms with E-state index in [0.29, 0.717) is 11.7 Å². The summed E-state index contributed by atoms with van der Waals surface area (Å²) < 4.78 is 10.5. The molecule has 2 heterocycles. The summed E-state index contributed by atoms with van der Waals surface area (Å²) in [4.78, 5) is 4.42. The summed E-state index contributed by atoms with van der Waals surface area (Å²) in [5.74, 6) is 1.75. The second kappa shape index (κ2) is 4.96.